The van der Waals surface area contributed by atoms with Gasteiger partial charge in [-0.15, -0.1) is 0 Å². The molecule has 1 N–H and O–H groups in total. The van der Waals surface area contributed by atoms with Crippen molar-refractivity contribution in [2.75, 3.05) is 0 Å². The summed E-state index contributed by atoms with van der Waals surface area (Å²) in [6, 6.07) is 0. The van der Waals surface area contributed by atoms with Crippen molar-refractivity contribution in [1.29, 1.82) is 0 Å². The van der Waals surface area contributed by atoms with Crippen molar-refractivity contribution in [2.45, 2.75) is 33.3 Å². The zero-order chi connectivity index (χ0) is 9.84. The standard InChI is InChI=1S/C10H16N2O/c1-7(2)9(13)4-10-11-5-8(3)6-12-10/h5-7,9,13H,4H2,1-3H3. The molecular formula is C10H16N2O. The Kier molecular flexibility index (Phi) is 3.37. The molecule has 0 saturated heterocycles. The van der Waals surface area contributed by atoms with Crippen LogP contribution in [-0.4, -0.2) is 21.2 Å². The molecule has 1 aromatic heterocycles. The Labute approximate surface area is 78.9 Å². The van der Waals surface area contributed by atoms with E-state index in [1.807, 2.05) is 20.8 Å². The highest BCUT2D eigenvalue weighted by Gasteiger charge is 2.11. The minimum atomic E-state index is -0.345. The van der Waals surface area contributed by atoms with Crippen molar-refractivity contribution in [3.8, 4) is 0 Å². The van der Waals surface area contributed by atoms with Gasteiger partial charge in [0.2, 0.25) is 0 Å². The normalized spacial score (nSPS) is 13.3. The lowest BCUT2D eigenvalue weighted by Gasteiger charge is -2.12. The molecule has 0 aliphatic rings. The first-order valence-corrected chi connectivity index (χ1v) is 4.55. The fourth-order valence-corrected chi connectivity index (χ4v) is 0.947. The van der Waals surface area contributed by atoms with Crippen molar-refractivity contribution >= 4 is 0 Å². The van der Waals surface area contributed by atoms with Crippen LogP contribution < -0.4 is 0 Å². The smallest absolute Gasteiger partial charge is 0.130 e. The van der Waals surface area contributed by atoms with E-state index >= 15 is 0 Å². The lowest BCUT2D eigenvalue weighted by Crippen LogP contribution is -2.19. The summed E-state index contributed by atoms with van der Waals surface area (Å²) in [5, 5.41) is 9.57. The Balaban J connectivity index is 2.59. The highest BCUT2D eigenvalue weighted by molar-refractivity contribution is 5.02. The van der Waals surface area contributed by atoms with Crippen LogP contribution in [0.15, 0.2) is 12.4 Å². The lowest BCUT2D eigenvalue weighted by molar-refractivity contribution is 0.123. The second kappa shape index (κ2) is 4.33. The fourth-order valence-electron chi connectivity index (χ4n) is 0.947. The molecule has 0 saturated carbocycles. The number of hydrogen-bond donors (Lipinski definition) is 1. The Hall–Kier alpha value is -0.960. The Bertz CT molecular complexity index is 256. The molecule has 72 valence electrons. The first kappa shape index (κ1) is 10.1. The molecule has 1 rings (SSSR count). The first-order valence-electron chi connectivity index (χ1n) is 4.55. The number of aryl methyl sites for hydroxylation is 1. The van der Waals surface area contributed by atoms with E-state index in [0.717, 1.165) is 5.56 Å². The van der Waals surface area contributed by atoms with Crippen LogP contribution in [0, 0.1) is 12.8 Å². The molecule has 1 heterocycles. The van der Waals surface area contributed by atoms with E-state index in [1.54, 1.807) is 12.4 Å². The van der Waals surface area contributed by atoms with Crippen LogP contribution in [0.5, 0.6) is 0 Å². The Morgan fingerprint density at radius 2 is 1.85 bits per heavy atom. The highest BCUT2D eigenvalue weighted by atomic mass is 16.3. The lowest BCUT2D eigenvalue weighted by atomic mass is 10.0. The first-order chi connectivity index (χ1) is 6.09. The zero-order valence-corrected chi connectivity index (χ0v) is 8.36. The molecule has 0 radical (unpaired) electrons. The zero-order valence-electron chi connectivity index (χ0n) is 8.36. The number of aromatic nitrogens is 2. The van der Waals surface area contributed by atoms with Gasteiger partial charge in [0, 0.05) is 18.8 Å². The van der Waals surface area contributed by atoms with Crippen molar-refractivity contribution in [1.82, 2.24) is 9.97 Å². The average Bonchev–Trinajstić information content (AvgIpc) is 2.08. The quantitative estimate of drug-likeness (QED) is 0.763. The molecule has 1 aromatic rings. The van der Waals surface area contributed by atoms with Crippen molar-refractivity contribution in [3.63, 3.8) is 0 Å². The largest absolute Gasteiger partial charge is 0.392 e. The molecular weight excluding hydrogens is 164 g/mol. The summed E-state index contributed by atoms with van der Waals surface area (Å²) in [6.45, 7) is 5.92. The molecule has 0 spiro atoms. The minimum absolute atomic E-state index is 0.255. The number of hydrogen-bond acceptors (Lipinski definition) is 3. The van der Waals surface area contributed by atoms with Crippen LogP contribution in [-0.2, 0) is 6.42 Å². The van der Waals surface area contributed by atoms with Gasteiger partial charge in [0.1, 0.15) is 5.82 Å². The van der Waals surface area contributed by atoms with Crippen molar-refractivity contribution < 1.29 is 5.11 Å². The Morgan fingerprint density at radius 1 is 1.31 bits per heavy atom. The molecule has 0 aliphatic carbocycles. The van der Waals surface area contributed by atoms with Gasteiger partial charge < -0.3 is 5.11 Å². The predicted molar refractivity (Wildman–Crippen MR) is 51.3 cm³/mol. The van der Waals surface area contributed by atoms with Crippen LogP contribution in [0.3, 0.4) is 0 Å². The van der Waals surface area contributed by atoms with E-state index in [1.165, 1.54) is 0 Å². The number of aliphatic hydroxyl groups is 1. The van der Waals surface area contributed by atoms with Gasteiger partial charge >= 0.3 is 0 Å². The maximum absolute atomic E-state index is 9.57. The van der Waals surface area contributed by atoms with Crippen LogP contribution in [0.2, 0.25) is 0 Å². The summed E-state index contributed by atoms with van der Waals surface area (Å²) in [5.41, 5.74) is 1.04. The summed E-state index contributed by atoms with van der Waals surface area (Å²) in [4.78, 5) is 8.26. The second-order valence-electron chi connectivity index (χ2n) is 3.69. The molecule has 0 aliphatic heterocycles. The third-order valence-electron chi connectivity index (χ3n) is 2.00. The minimum Gasteiger partial charge on any atom is -0.392 e. The summed E-state index contributed by atoms with van der Waals surface area (Å²) in [6.07, 6.45) is 3.74. The molecule has 3 nitrogen and oxygen atoms in total. The van der Waals surface area contributed by atoms with Crippen molar-refractivity contribution in [3.05, 3.63) is 23.8 Å². The molecule has 0 amide bonds. The highest BCUT2D eigenvalue weighted by Crippen LogP contribution is 2.06. The van der Waals surface area contributed by atoms with Crippen molar-refractivity contribution in [2.24, 2.45) is 5.92 Å². The average molecular weight is 180 g/mol. The number of rotatable bonds is 3. The van der Waals surface area contributed by atoms with Gasteiger partial charge in [-0.05, 0) is 18.4 Å². The third-order valence-corrected chi connectivity index (χ3v) is 2.00. The van der Waals surface area contributed by atoms with Gasteiger partial charge in [-0.1, -0.05) is 13.8 Å². The molecule has 1 unspecified atom stereocenters. The molecule has 1 atom stereocenters. The van der Waals surface area contributed by atoms with Gasteiger partial charge in [-0.3, -0.25) is 0 Å². The van der Waals surface area contributed by atoms with Crippen LogP contribution in [0.25, 0.3) is 0 Å². The summed E-state index contributed by atoms with van der Waals surface area (Å²) in [5.74, 6) is 0.969. The second-order valence-corrected chi connectivity index (χ2v) is 3.69. The monoisotopic (exact) mass is 180 g/mol. The van der Waals surface area contributed by atoms with E-state index in [2.05, 4.69) is 9.97 Å². The van der Waals surface area contributed by atoms with E-state index in [9.17, 15) is 5.11 Å². The maximum atomic E-state index is 9.57. The Morgan fingerprint density at radius 3 is 2.31 bits per heavy atom. The van der Waals surface area contributed by atoms with E-state index in [0.29, 0.717) is 12.2 Å². The third kappa shape index (κ3) is 3.11. The van der Waals surface area contributed by atoms with Gasteiger partial charge in [0.15, 0.2) is 0 Å². The summed E-state index contributed by atoms with van der Waals surface area (Å²) in [7, 11) is 0. The van der Waals surface area contributed by atoms with Crippen LogP contribution >= 0.6 is 0 Å². The maximum Gasteiger partial charge on any atom is 0.130 e. The predicted octanol–water partition coefficient (Wildman–Crippen LogP) is 1.34. The van der Waals surface area contributed by atoms with Crippen LogP contribution in [0.4, 0.5) is 0 Å². The number of nitrogens with zero attached hydrogens (tertiary/aromatic N) is 2. The van der Waals surface area contributed by atoms with E-state index < -0.39 is 0 Å². The van der Waals surface area contributed by atoms with Crippen LogP contribution in [0.1, 0.15) is 25.2 Å². The fraction of sp³-hybridized carbons (Fsp3) is 0.600. The van der Waals surface area contributed by atoms with Gasteiger partial charge in [-0.2, -0.15) is 0 Å². The van der Waals surface area contributed by atoms with Gasteiger partial charge in [-0.25, -0.2) is 9.97 Å². The molecule has 0 fully saturated rings. The number of aliphatic hydroxyl groups excluding tert-OH is 1. The summed E-state index contributed by atoms with van der Waals surface area (Å²) < 4.78 is 0. The summed E-state index contributed by atoms with van der Waals surface area (Å²) >= 11 is 0. The van der Waals surface area contributed by atoms with E-state index in [4.69, 9.17) is 0 Å². The molecule has 13 heavy (non-hydrogen) atoms. The SMILES string of the molecule is Cc1cnc(CC(O)C(C)C)nc1. The van der Waals surface area contributed by atoms with Gasteiger partial charge in [0.05, 0.1) is 6.10 Å². The molecule has 3 heteroatoms. The van der Waals surface area contributed by atoms with Gasteiger partial charge in [0.25, 0.3) is 0 Å². The topological polar surface area (TPSA) is 46.0 Å². The molecule has 0 bridgehead atoms. The van der Waals surface area contributed by atoms with E-state index in [-0.39, 0.29) is 12.0 Å². The molecule has 0 aromatic carbocycles.